The van der Waals surface area contributed by atoms with E-state index in [9.17, 15) is 18.0 Å². The molecule has 0 atom stereocenters. The lowest BCUT2D eigenvalue weighted by atomic mass is 10.1. The van der Waals surface area contributed by atoms with E-state index in [1.165, 1.54) is 42.4 Å². The molecule has 2 N–H and O–H groups in total. The Hall–Kier alpha value is -4.12. The molecule has 0 saturated carbocycles. The van der Waals surface area contributed by atoms with Crippen LogP contribution in [0.25, 0.3) is 27.8 Å². The van der Waals surface area contributed by atoms with Crippen molar-refractivity contribution >= 4 is 39.6 Å². The predicted molar refractivity (Wildman–Crippen MR) is 123 cm³/mol. The second-order valence-corrected chi connectivity index (χ2v) is 8.00. The molecule has 2 aromatic carbocycles. The molecule has 1 amide bonds. The van der Waals surface area contributed by atoms with Gasteiger partial charge in [0, 0.05) is 16.8 Å². The second-order valence-electron chi connectivity index (χ2n) is 7.56. The summed E-state index contributed by atoms with van der Waals surface area (Å²) in [6.07, 6.45) is -2.05. The van der Waals surface area contributed by atoms with Crippen molar-refractivity contribution in [3.63, 3.8) is 0 Å². The fraction of sp³-hybridized carbons (Fsp3) is 0.130. The number of methoxy groups -OCH3 is 1. The third-order valence-corrected chi connectivity index (χ3v) is 5.59. The van der Waals surface area contributed by atoms with Gasteiger partial charge in [-0.15, -0.1) is 0 Å². The average molecular weight is 501 g/mol. The normalized spacial score (nSPS) is 11.8. The molecule has 5 rings (SSSR count). The van der Waals surface area contributed by atoms with E-state index < -0.39 is 17.6 Å². The van der Waals surface area contributed by atoms with Gasteiger partial charge in [-0.2, -0.15) is 13.2 Å². The van der Waals surface area contributed by atoms with Crippen LogP contribution in [-0.4, -0.2) is 37.5 Å². The lowest BCUT2D eigenvalue weighted by Crippen LogP contribution is -2.24. The Labute approximate surface area is 200 Å². The molecule has 0 fully saturated rings. The quantitative estimate of drug-likeness (QED) is 0.357. The van der Waals surface area contributed by atoms with Crippen LogP contribution < -0.4 is 10.1 Å². The van der Waals surface area contributed by atoms with Crippen LogP contribution in [-0.2, 0) is 12.7 Å². The zero-order valence-electron chi connectivity index (χ0n) is 18.0. The number of nitrogens with zero attached hydrogens (tertiary/aromatic N) is 4. The van der Waals surface area contributed by atoms with Crippen LogP contribution in [0.5, 0.6) is 5.88 Å². The van der Waals surface area contributed by atoms with Crippen LogP contribution in [0, 0.1) is 0 Å². The molecule has 5 aromatic rings. The van der Waals surface area contributed by atoms with Gasteiger partial charge in [-0.3, -0.25) is 9.36 Å². The van der Waals surface area contributed by atoms with E-state index in [-0.39, 0.29) is 23.7 Å². The van der Waals surface area contributed by atoms with Crippen LogP contribution in [0.4, 0.5) is 13.2 Å². The maximum absolute atomic E-state index is 14.0. The largest absolute Gasteiger partial charge is 0.479 e. The van der Waals surface area contributed by atoms with Gasteiger partial charge in [-0.05, 0) is 42.5 Å². The first-order valence-electron chi connectivity index (χ1n) is 10.2. The highest BCUT2D eigenvalue weighted by molar-refractivity contribution is 6.31. The highest BCUT2D eigenvalue weighted by Gasteiger charge is 2.35. The Balaban J connectivity index is 1.45. The van der Waals surface area contributed by atoms with Crippen LogP contribution in [0.2, 0.25) is 5.02 Å². The molecule has 35 heavy (non-hydrogen) atoms. The van der Waals surface area contributed by atoms with E-state index in [4.69, 9.17) is 16.3 Å². The third kappa shape index (κ3) is 4.26. The van der Waals surface area contributed by atoms with Gasteiger partial charge < -0.3 is 15.0 Å². The summed E-state index contributed by atoms with van der Waals surface area (Å²) < 4.78 is 48.4. The maximum Gasteiger partial charge on any atom is 0.418 e. The molecule has 8 nitrogen and oxygen atoms in total. The Morgan fingerprint density at radius 2 is 2.00 bits per heavy atom. The maximum atomic E-state index is 14.0. The van der Waals surface area contributed by atoms with Gasteiger partial charge in [0.1, 0.15) is 12.2 Å². The molecule has 0 aliphatic rings. The van der Waals surface area contributed by atoms with Crippen molar-refractivity contribution in [2.45, 2.75) is 12.7 Å². The zero-order valence-corrected chi connectivity index (χ0v) is 18.8. The highest BCUT2D eigenvalue weighted by atomic mass is 35.5. The summed E-state index contributed by atoms with van der Waals surface area (Å²) in [6, 6.07) is 9.99. The van der Waals surface area contributed by atoms with Gasteiger partial charge in [-0.25, -0.2) is 15.0 Å². The summed E-state index contributed by atoms with van der Waals surface area (Å²) in [5.74, 6) is -0.0451. The van der Waals surface area contributed by atoms with Gasteiger partial charge in [0.05, 0.1) is 41.5 Å². The molecule has 12 heteroatoms. The minimum atomic E-state index is -4.72. The summed E-state index contributed by atoms with van der Waals surface area (Å²) in [6.45, 7) is -0.00676. The van der Waals surface area contributed by atoms with Crippen molar-refractivity contribution in [1.29, 1.82) is 0 Å². The lowest BCUT2D eigenvalue weighted by Gasteiger charge is -2.16. The van der Waals surface area contributed by atoms with Gasteiger partial charge in [0.25, 0.3) is 5.91 Å². The number of carbonyl (C=O) groups is 1. The number of hydrogen-bond donors (Lipinski definition) is 2. The summed E-state index contributed by atoms with van der Waals surface area (Å²) in [5.41, 5.74) is 0.717. The van der Waals surface area contributed by atoms with Crippen molar-refractivity contribution in [1.82, 2.24) is 29.8 Å². The molecule has 3 heterocycles. The number of nitrogens with one attached hydrogen (secondary N) is 2. The minimum absolute atomic E-state index is 0.00676. The van der Waals surface area contributed by atoms with Crippen LogP contribution in [0.3, 0.4) is 0 Å². The van der Waals surface area contributed by atoms with Gasteiger partial charge >= 0.3 is 6.18 Å². The number of alkyl halides is 3. The third-order valence-electron chi connectivity index (χ3n) is 5.36. The first-order chi connectivity index (χ1) is 16.7. The average Bonchev–Trinajstić information content (AvgIpc) is 3.45. The molecule has 3 aromatic heterocycles. The number of amides is 1. The highest BCUT2D eigenvalue weighted by Crippen LogP contribution is 2.36. The molecule has 178 valence electrons. The number of aromatic amines is 1. The minimum Gasteiger partial charge on any atom is -0.479 e. The first kappa shape index (κ1) is 22.7. The monoisotopic (exact) mass is 500 g/mol. The van der Waals surface area contributed by atoms with Crippen molar-refractivity contribution in [2.24, 2.45) is 0 Å². The second kappa shape index (κ2) is 8.58. The number of hydrogen-bond acceptors (Lipinski definition) is 5. The summed E-state index contributed by atoms with van der Waals surface area (Å²) in [7, 11) is 1.40. The Bertz CT molecular complexity index is 1580. The molecular weight excluding hydrogens is 485 g/mol. The number of rotatable bonds is 5. The van der Waals surface area contributed by atoms with Crippen LogP contribution >= 0.6 is 11.6 Å². The van der Waals surface area contributed by atoms with Gasteiger partial charge in [-0.1, -0.05) is 11.6 Å². The molecule has 0 bridgehead atoms. The number of imidazole rings is 2. The molecule has 0 saturated heterocycles. The molecule has 0 unspecified atom stereocenters. The number of pyridine rings is 1. The zero-order chi connectivity index (χ0) is 24.7. The number of H-pyrrole nitrogens is 1. The van der Waals surface area contributed by atoms with Crippen LogP contribution in [0.15, 0.2) is 55.0 Å². The fourth-order valence-electron chi connectivity index (χ4n) is 3.76. The van der Waals surface area contributed by atoms with Crippen LogP contribution in [0.1, 0.15) is 21.7 Å². The van der Waals surface area contributed by atoms with E-state index in [1.54, 1.807) is 18.2 Å². The predicted octanol–water partition coefficient (Wildman–Crippen LogP) is 4.91. The Kier molecular flexibility index (Phi) is 5.56. The summed E-state index contributed by atoms with van der Waals surface area (Å²) in [4.78, 5) is 28.2. The number of halogens is 4. The molecule has 0 radical (unpaired) electrons. The topological polar surface area (TPSA) is 97.7 Å². The van der Waals surface area contributed by atoms with Crippen molar-refractivity contribution in [3.8, 4) is 11.6 Å². The number of ether oxygens (including phenoxy) is 1. The molecular formula is C23H16ClF3N6O2. The van der Waals surface area contributed by atoms with Gasteiger partial charge in [0.15, 0.2) is 5.52 Å². The van der Waals surface area contributed by atoms with Crippen molar-refractivity contribution in [2.75, 3.05) is 7.11 Å². The van der Waals surface area contributed by atoms with Gasteiger partial charge in [0.2, 0.25) is 5.88 Å². The van der Waals surface area contributed by atoms with E-state index >= 15 is 0 Å². The standard InChI is InChI=1S/C23H16ClF3N6O2/c1-35-22-20-18(6-7-28-22)33(11-30-20)17-5-2-12(8-14(17)23(25,26)27)21(34)29-10-19-31-15-4-3-13(24)9-16(15)32-19/h2-9,11H,10H2,1H3,(H,29,34)(H,31,32). The van der Waals surface area contributed by atoms with E-state index in [1.807, 2.05) is 0 Å². The number of fused-ring (bicyclic) bond motifs is 2. The summed E-state index contributed by atoms with van der Waals surface area (Å²) >= 11 is 5.96. The fourth-order valence-corrected chi connectivity index (χ4v) is 3.93. The van der Waals surface area contributed by atoms with E-state index in [2.05, 4.69) is 25.3 Å². The molecule has 0 aliphatic carbocycles. The number of carbonyl (C=O) groups excluding carboxylic acids is 1. The lowest BCUT2D eigenvalue weighted by molar-refractivity contribution is -0.137. The Morgan fingerprint density at radius 1 is 1.17 bits per heavy atom. The summed E-state index contributed by atoms with van der Waals surface area (Å²) in [5, 5.41) is 3.12. The smallest absolute Gasteiger partial charge is 0.418 e. The first-order valence-corrected chi connectivity index (χ1v) is 10.6. The van der Waals surface area contributed by atoms with E-state index in [0.717, 1.165) is 6.07 Å². The SMILES string of the molecule is COc1nccc2c1ncn2-c1ccc(C(=O)NCc2nc3ccc(Cl)cc3[nH]2)cc1C(F)(F)F. The Morgan fingerprint density at radius 3 is 2.77 bits per heavy atom. The van der Waals surface area contributed by atoms with E-state index in [0.29, 0.717) is 32.9 Å². The van der Waals surface area contributed by atoms with Crippen molar-refractivity contribution in [3.05, 3.63) is 77.0 Å². The molecule has 0 aliphatic heterocycles. The number of benzene rings is 2. The number of aromatic nitrogens is 5. The van der Waals surface area contributed by atoms with Crippen molar-refractivity contribution < 1.29 is 22.7 Å². The molecule has 0 spiro atoms.